The van der Waals surface area contributed by atoms with Crippen molar-refractivity contribution in [2.24, 2.45) is 0 Å². The van der Waals surface area contributed by atoms with Crippen LogP contribution in [0.15, 0.2) is 17.0 Å². The lowest BCUT2D eigenvalue weighted by Gasteiger charge is -2.13. The molecule has 1 aromatic rings. The molecule has 1 aromatic carbocycles. The fourth-order valence-corrected chi connectivity index (χ4v) is 3.75. The van der Waals surface area contributed by atoms with Gasteiger partial charge in [0, 0.05) is 19.2 Å². The number of hydrogen-bond donors (Lipinski definition) is 1. The third-order valence-electron chi connectivity index (χ3n) is 3.26. The minimum Gasteiger partial charge on any atom is -0.377 e. The van der Waals surface area contributed by atoms with Crippen molar-refractivity contribution < 1.29 is 18.1 Å². The van der Waals surface area contributed by atoms with Crippen molar-refractivity contribution in [3.05, 3.63) is 32.8 Å². The maximum atomic E-state index is 12.3. The first kappa shape index (κ1) is 16.2. The van der Waals surface area contributed by atoms with Gasteiger partial charge in [0.25, 0.3) is 5.69 Å². The van der Waals surface area contributed by atoms with Crippen LogP contribution in [0.5, 0.6) is 0 Å². The Hall–Kier alpha value is -1.22. The minimum atomic E-state index is -3.84. The summed E-state index contributed by atoms with van der Waals surface area (Å²) in [5, 5.41) is 10.8. The van der Waals surface area contributed by atoms with E-state index in [9.17, 15) is 18.5 Å². The molecule has 0 radical (unpaired) electrons. The lowest BCUT2D eigenvalue weighted by Crippen LogP contribution is -2.32. The van der Waals surface area contributed by atoms with E-state index < -0.39 is 20.6 Å². The van der Waals surface area contributed by atoms with Crippen LogP contribution in [0.25, 0.3) is 0 Å². The Balaban J connectivity index is 2.26. The summed E-state index contributed by atoms with van der Waals surface area (Å²) in [5.74, 6) is 0. The second-order valence-electron chi connectivity index (χ2n) is 4.81. The summed E-state index contributed by atoms with van der Waals surface area (Å²) in [5.41, 5.74) is -0.0785. The summed E-state index contributed by atoms with van der Waals surface area (Å²) < 4.78 is 32.3. The standard InChI is InChI=1S/C12H15ClN2O5S/c1-8-5-10(13)11(15(16)17)6-12(8)21(18,19)14-7-9-3-2-4-20-9/h5-6,9,14H,2-4,7H2,1H3. The smallest absolute Gasteiger partial charge is 0.289 e. The summed E-state index contributed by atoms with van der Waals surface area (Å²) in [4.78, 5) is 10.0. The van der Waals surface area contributed by atoms with Gasteiger partial charge in [-0.3, -0.25) is 10.1 Å². The number of sulfonamides is 1. The van der Waals surface area contributed by atoms with Gasteiger partial charge in [0.2, 0.25) is 10.0 Å². The highest BCUT2D eigenvalue weighted by Crippen LogP contribution is 2.30. The zero-order chi connectivity index (χ0) is 15.6. The van der Waals surface area contributed by atoms with Crippen molar-refractivity contribution in [1.82, 2.24) is 4.72 Å². The Bertz CT molecular complexity index is 656. The highest BCUT2D eigenvalue weighted by molar-refractivity contribution is 7.89. The van der Waals surface area contributed by atoms with E-state index in [0.717, 1.165) is 18.9 Å². The van der Waals surface area contributed by atoms with Gasteiger partial charge in [0.1, 0.15) is 5.02 Å². The lowest BCUT2D eigenvalue weighted by atomic mass is 10.2. The average Bonchev–Trinajstić information content (AvgIpc) is 2.88. The molecule has 1 saturated heterocycles. The first-order valence-electron chi connectivity index (χ1n) is 6.37. The molecule has 0 aromatic heterocycles. The van der Waals surface area contributed by atoms with Crippen LogP contribution in [0.4, 0.5) is 5.69 Å². The number of aryl methyl sites for hydroxylation is 1. The van der Waals surface area contributed by atoms with Crippen molar-refractivity contribution in [2.45, 2.75) is 30.8 Å². The second kappa shape index (κ2) is 6.27. The highest BCUT2D eigenvalue weighted by atomic mass is 35.5. The van der Waals surface area contributed by atoms with E-state index in [0.29, 0.717) is 12.2 Å². The van der Waals surface area contributed by atoms with Crippen molar-refractivity contribution >= 4 is 27.3 Å². The van der Waals surface area contributed by atoms with Crippen LogP contribution in [-0.4, -0.2) is 32.6 Å². The molecule has 2 rings (SSSR count). The lowest BCUT2D eigenvalue weighted by molar-refractivity contribution is -0.384. The van der Waals surface area contributed by atoms with E-state index in [-0.39, 0.29) is 22.6 Å². The van der Waals surface area contributed by atoms with E-state index in [4.69, 9.17) is 16.3 Å². The number of halogens is 1. The summed E-state index contributed by atoms with van der Waals surface area (Å²) in [7, 11) is -3.84. The van der Waals surface area contributed by atoms with E-state index >= 15 is 0 Å². The Kier molecular flexibility index (Phi) is 4.82. The number of nitrogens with zero attached hydrogens (tertiary/aromatic N) is 1. The molecule has 21 heavy (non-hydrogen) atoms. The fourth-order valence-electron chi connectivity index (χ4n) is 2.16. The average molecular weight is 335 g/mol. The zero-order valence-electron chi connectivity index (χ0n) is 11.3. The first-order chi connectivity index (χ1) is 9.81. The molecule has 0 saturated carbocycles. The quantitative estimate of drug-likeness (QED) is 0.656. The highest BCUT2D eigenvalue weighted by Gasteiger charge is 2.25. The monoisotopic (exact) mass is 334 g/mol. The van der Waals surface area contributed by atoms with Gasteiger partial charge in [0.15, 0.2) is 0 Å². The van der Waals surface area contributed by atoms with Crippen LogP contribution in [0.3, 0.4) is 0 Å². The molecule has 9 heteroatoms. The molecule has 0 aliphatic carbocycles. The molecular weight excluding hydrogens is 320 g/mol. The maximum absolute atomic E-state index is 12.3. The molecular formula is C12H15ClN2O5S. The van der Waals surface area contributed by atoms with Gasteiger partial charge in [-0.1, -0.05) is 11.6 Å². The molecule has 1 heterocycles. The molecule has 0 amide bonds. The van der Waals surface area contributed by atoms with Crippen molar-refractivity contribution in [3.63, 3.8) is 0 Å². The fraction of sp³-hybridized carbons (Fsp3) is 0.500. The van der Waals surface area contributed by atoms with Crippen LogP contribution in [-0.2, 0) is 14.8 Å². The molecule has 1 unspecified atom stereocenters. The van der Waals surface area contributed by atoms with Gasteiger partial charge in [-0.2, -0.15) is 0 Å². The van der Waals surface area contributed by atoms with Crippen molar-refractivity contribution in [3.8, 4) is 0 Å². The zero-order valence-corrected chi connectivity index (χ0v) is 12.9. The van der Waals surface area contributed by atoms with E-state index in [1.807, 2.05) is 0 Å². The molecule has 1 aliphatic rings. The normalized spacial score (nSPS) is 18.9. The SMILES string of the molecule is Cc1cc(Cl)c([N+](=O)[O-])cc1S(=O)(=O)NCC1CCCO1. The third kappa shape index (κ3) is 3.70. The number of hydrogen-bond acceptors (Lipinski definition) is 5. The summed E-state index contributed by atoms with van der Waals surface area (Å²) in [6.07, 6.45) is 1.54. The Morgan fingerprint density at radius 3 is 2.81 bits per heavy atom. The number of benzene rings is 1. The van der Waals surface area contributed by atoms with Gasteiger partial charge in [-0.15, -0.1) is 0 Å². The molecule has 1 atom stereocenters. The number of nitro benzene ring substituents is 1. The number of nitrogens with one attached hydrogen (secondary N) is 1. The summed E-state index contributed by atoms with van der Waals surface area (Å²) in [6.45, 7) is 2.31. The first-order valence-corrected chi connectivity index (χ1v) is 8.23. The molecule has 1 fully saturated rings. The van der Waals surface area contributed by atoms with E-state index in [1.54, 1.807) is 0 Å². The maximum Gasteiger partial charge on any atom is 0.289 e. The van der Waals surface area contributed by atoms with Crippen molar-refractivity contribution in [2.75, 3.05) is 13.2 Å². The largest absolute Gasteiger partial charge is 0.377 e. The molecule has 1 N–H and O–H groups in total. The predicted octanol–water partition coefficient (Wildman–Crippen LogP) is 2.01. The van der Waals surface area contributed by atoms with Gasteiger partial charge in [-0.25, -0.2) is 13.1 Å². The van der Waals surface area contributed by atoms with Crippen LogP contribution in [0.1, 0.15) is 18.4 Å². The number of nitro groups is 1. The topological polar surface area (TPSA) is 98.5 Å². The molecule has 116 valence electrons. The van der Waals surface area contributed by atoms with Crippen LogP contribution >= 0.6 is 11.6 Å². The van der Waals surface area contributed by atoms with Crippen molar-refractivity contribution in [1.29, 1.82) is 0 Å². The summed E-state index contributed by atoms with van der Waals surface area (Å²) in [6, 6.07) is 2.26. The number of rotatable bonds is 5. The minimum absolute atomic E-state index is 0.0874. The molecule has 0 bridgehead atoms. The molecule has 7 nitrogen and oxygen atoms in total. The second-order valence-corrected chi connectivity index (χ2v) is 6.96. The van der Waals surface area contributed by atoms with Gasteiger partial charge in [0.05, 0.1) is 15.9 Å². The number of ether oxygens (including phenoxy) is 1. The Morgan fingerprint density at radius 2 is 2.24 bits per heavy atom. The molecule has 1 aliphatic heterocycles. The van der Waals surface area contributed by atoms with Crippen LogP contribution in [0.2, 0.25) is 5.02 Å². The molecule has 0 spiro atoms. The Labute approximate surface area is 127 Å². The van der Waals surface area contributed by atoms with Crippen LogP contribution in [0, 0.1) is 17.0 Å². The summed E-state index contributed by atoms with van der Waals surface area (Å²) >= 11 is 5.75. The van der Waals surface area contributed by atoms with E-state index in [2.05, 4.69) is 4.72 Å². The predicted molar refractivity (Wildman–Crippen MR) is 77.0 cm³/mol. The van der Waals surface area contributed by atoms with Crippen LogP contribution < -0.4 is 4.72 Å². The third-order valence-corrected chi connectivity index (χ3v) is 5.12. The Morgan fingerprint density at radius 1 is 1.52 bits per heavy atom. The van der Waals surface area contributed by atoms with Gasteiger partial charge in [-0.05, 0) is 31.4 Å². The van der Waals surface area contributed by atoms with Gasteiger partial charge < -0.3 is 4.74 Å². The van der Waals surface area contributed by atoms with E-state index in [1.165, 1.54) is 13.0 Å². The van der Waals surface area contributed by atoms with Gasteiger partial charge >= 0.3 is 0 Å².